The molecule has 0 saturated carbocycles. The Hall–Kier alpha value is -1.52. The molecule has 5 heteroatoms. The molecule has 18 heavy (non-hydrogen) atoms. The Morgan fingerprint density at radius 3 is 2.94 bits per heavy atom. The van der Waals surface area contributed by atoms with Gasteiger partial charge in [0.2, 0.25) is 0 Å². The zero-order valence-corrected chi connectivity index (χ0v) is 11.2. The number of imidazole rings is 1. The third kappa shape index (κ3) is 2.35. The van der Waals surface area contributed by atoms with E-state index >= 15 is 0 Å². The standard InChI is InChI=1S/C13H16ClN3O/c1-3-11(15)12-7-16-8-17(12)9-4-5-10(14)13(6-9)18-2/h4-8,11H,3,15H2,1-2H3/t11-/m1/s1. The van der Waals surface area contributed by atoms with Crippen molar-refractivity contribution in [3.63, 3.8) is 0 Å². The highest BCUT2D eigenvalue weighted by molar-refractivity contribution is 6.32. The molecule has 4 nitrogen and oxygen atoms in total. The van der Waals surface area contributed by atoms with Crippen LogP contribution in [0.4, 0.5) is 0 Å². The SMILES string of the molecule is CC[C@@H](N)c1cncn1-c1ccc(Cl)c(OC)c1. The van der Waals surface area contributed by atoms with Crippen LogP contribution in [-0.2, 0) is 0 Å². The third-order valence-corrected chi connectivity index (χ3v) is 3.21. The van der Waals surface area contributed by atoms with Crippen molar-refractivity contribution in [1.29, 1.82) is 0 Å². The van der Waals surface area contributed by atoms with Crippen molar-refractivity contribution in [3.05, 3.63) is 41.4 Å². The lowest BCUT2D eigenvalue weighted by atomic mass is 10.2. The summed E-state index contributed by atoms with van der Waals surface area (Å²) in [7, 11) is 1.59. The molecule has 1 aromatic heterocycles. The maximum atomic E-state index is 6.06. The number of rotatable bonds is 4. The number of benzene rings is 1. The van der Waals surface area contributed by atoms with Crippen LogP contribution in [0.1, 0.15) is 25.1 Å². The fraction of sp³-hybridized carbons (Fsp3) is 0.308. The molecule has 0 unspecified atom stereocenters. The first-order valence-electron chi connectivity index (χ1n) is 5.79. The molecule has 2 N–H and O–H groups in total. The van der Waals surface area contributed by atoms with Gasteiger partial charge < -0.3 is 15.0 Å². The second kappa shape index (κ2) is 5.42. The Kier molecular flexibility index (Phi) is 3.89. The summed E-state index contributed by atoms with van der Waals surface area (Å²) in [6.45, 7) is 2.05. The van der Waals surface area contributed by atoms with Gasteiger partial charge in [0.1, 0.15) is 5.75 Å². The first-order valence-corrected chi connectivity index (χ1v) is 6.17. The van der Waals surface area contributed by atoms with Gasteiger partial charge >= 0.3 is 0 Å². The van der Waals surface area contributed by atoms with Gasteiger partial charge in [0.05, 0.1) is 36.0 Å². The molecular weight excluding hydrogens is 250 g/mol. The number of ether oxygens (including phenoxy) is 1. The summed E-state index contributed by atoms with van der Waals surface area (Å²) >= 11 is 6.01. The van der Waals surface area contributed by atoms with E-state index in [2.05, 4.69) is 4.98 Å². The normalized spacial score (nSPS) is 12.4. The summed E-state index contributed by atoms with van der Waals surface area (Å²) in [5.41, 5.74) is 7.97. The van der Waals surface area contributed by atoms with E-state index in [4.69, 9.17) is 22.1 Å². The molecule has 0 aliphatic carbocycles. The topological polar surface area (TPSA) is 53.1 Å². The molecule has 0 saturated heterocycles. The molecule has 2 aromatic rings. The van der Waals surface area contributed by atoms with Gasteiger partial charge in [0.15, 0.2) is 0 Å². The summed E-state index contributed by atoms with van der Waals surface area (Å²) in [6.07, 6.45) is 4.39. The summed E-state index contributed by atoms with van der Waals surface area (Å²) in [5, 5.41) is 0.586. The molecule has 1 heterocycles. The number of methoxy groups -OCH3 is 1. The first-order chi connectivity index (χ1) is 8.67. The summed E-state index contributed by atoms with van der Waals surface area (Å²) in [5.74, 6) is 0.638. The Labute approximate surface area is 111 Å². The Bertz CT molecular complexity index is 539. The second-order valence-electron chi connectivity index (χ2n) is 4.02. The quantitative estimate of drug-likeness (QED) is 0.925. The molecule has 0 spiro atoms. The van der Waals surface area contributed by atoms with Gasteiger partial charge in [-0.2, -0.15) is 0 Å². The lowest BCUT2D eigenvalue weighted by molar-refractivity contribution is 0.415. The summed E-state index contributed by atoms with van der Waals surface area (Å²) < 4.78 is 7.16. The number of hydrogen-bond donors (Lipinski definition) is 1. The monoisotopic (exact) mass is 265 g/mol. The first kappa shape index (κ1) is 12.9. The molecule has 0 bridgehead atoms. The molecule has 1 aromatic carbocycles. The Balaban J connectivity index is 2.46. The van der Waals surface area contributed by atoms with E-state index in [9.17, 15) is 0 Å². The minimum absolute atomic E-state index is 0.0332. The van der Waals surface area contributed by atoms with Crippen molar-refractivity contribution in [2.24, 2.45) is 5.73 Å². The van der Waals surface area contributed by atoms with Crippen LogP contribution in [0.3, 0.4) is 0 Å². The third-order valence-electron chi connectivity index (χ3n) is 2.90. The van der Waals surface area contributed by atoms with Crippen LogP contribution in [0.15, 0.2) is 30.7 Å². The molecular formula is C13H16ClN3O. The zero-order valence-electron chi connectivity index (χ0n) is 10.4. The van der Waals surface area contributed by atoms with Crippen LogP contribution in [-0.4, -0.2) is 16.7 Å². The Morgan fingerprint density at radius 1 is 1.50 bits per heavy atom. The molecule has 0 aliphatic rings. The van der Waals surface area contributed by atoms with Crippen molar-refractivity contribution < 1.29 is 4.74 Å². The minimum atomic E-state index is -0.0332. The largest absolute Gasteiger partial charge is 0.495 e. The van der Waals surface area contributed by atoms with E-state index in [1.807, 2.05) is 23.6 Å². The molecule has 0 aliphatic heterocycles. The van der Waals surface area contributed by atoms with Crippen molar-refractivity contribution in [2.75, 3.05) is 7.11 Å². The van der Waals surface area contributed by atoms with Gasteiger partial charge in [-0.05, 0) is 18.6 Å². The van der Waals surface area contributed by atoms with Gasteiger partial charge in [-0.15, -0.1) is 0 Å². The lowest BCUT2D eigenvalue weighted by Crippen LogP contribution is -2.13. The molecule has 1 atom stereocenters. The van der Waals surface area contributed by atoms with Crippen molar-refractivity contribution >= 4 is 11.6 Å². The number of halogens is 1. The highest BCUT2D eigenvalue weighted by atomic mass is 35.5. The van der Waals surface area contributed by atoms with E-state index in [-0.39, 0.29) is 6.04 Å². The van der Waals surface area contributed by atoms with Crippen LogP contribution in [0.2, 0.25) is 5.02 Å². The predicted molar refractivity (Wildman–Crippen MR) is 72.3 cm³/mol. The van der Waals surface area contributed by atoms with Gasteiger partial charge in [0.25, 0.3) is 0 Å². The molecule has 0 fully saturated rings. The smallest absolute Gasteiger partial charge is 0.139 e. The minimum Gasteiger partial charge on any atom is -0.495 e. The fourth-order valence-corrected chi connectivity index (χ4v) is 2.00. The maximum Gasteiger partial charge on any atom is 0.139 e. The maximum absolute atomic E-state index is 6.06. The highest BCUT2D eigenvalue weighted by Crippen LogP contribution is 2.28. The fourth-order valence-electron chi connectivity index (χ4n) is 1.80. The van der Waals surface area contributed by atoms with E-state index in [0.29, 0.717) is 10.8 Å². The average Bonchev–Trinajstić information content (AvgIpc) is 2.87. The number of nitrogens with two attached hydrogens (primary N) is 1. The molecule has 0 amide bonds. The van der Waals surface area contributed by atoms with Gasteiger partial charge in [-0.1, -0.05) is 18.5 Å². The lowest BCUT2D eigenvalue weighted by Gasteiger charge is -2.14. The van der Waals surface area contributed by atoms with Crippen molar-refractivity contribution in [1.82, 2.24) is 9.55 Å². The van der Waals surface area contributed by atoms with Gasteiger partial charge in [0, 0.05) is 12.1 Å². The highest BCUT2D eigenvalue weighted by Gasteiger charge is 2.12. The van der Waals surface area contributed by atoms with Gasteiger partial charge in [-0.25, -0.2) is 4.98 Å². The van der Waals surface area contributed by atoms with E-state index in [1.54, 1.807) is 25.7 Å². The van der Waals surface area contributed by atoms with Crippen LogP contribution in [0.25, 0.3) is 5.69 Å². The van der Waals surface area contributed by atoms with Crippen LogP contribution >= 0.6 is 11.6 Å². The van der Waals surface area contributed by atoms with E-state index < -0.39 is 0 Å². The Morgan fingerprint density at radius 2 is 2.28 bits per heavy atom. The number of aromatic nitrogens is 2. The molecule has 2 rings (SSSR count). The van der Waals surface area contributed by atoms with Crippen LogP contribution in [0.5, 0.6) is 5.75 Å². The van der Waals surface area contributed by atoms with Crippen molar-refractivity contribution in [3.8, 4) is 11.4 Å². The van der Waals surface area contributed by atoms with E-state index in [1.165, 1.54) is 0 Å². The predicted octanol–water partition coefficient (Wildman–Crippen LogP) is 2.94. The van der Waals surface area contributed by atoms with Crippen LogP contribution in [0, 0.1) is 0 Å². The number of nitrogens with zero attached hydrogens (tertiary/aromatic N) is 2. The van der Waals surface area contributed by atoms with Crippen molar-refractivity contribution in [2.45, 2.75) is 19.4 Å². The van der Waals surface area contributed by atoms with E-state index in [0.717, 1.165) is 17.8 Å². The van der Waals surface area contributed by atoms with Gasteiger partial charge in [-0.3, -0.25) is 0 Å². The van der Waals surface area contributed by atoms with Crippen LogP contribution < -0.4 is 10.5 Å². The number of hydrogen-bond acceptors (Lipinski definition) is 3. The molecule has 0 radical (unpaired) electrons. The summed E-state index contributed by atoms with van der Waals surface area (Å²) in [4.78, 5) is 4.15. The molecule has 96 valence electrons. The zero-order chi connectivity index (χ0) is 13.1. The summed E-state index contributed by atoms with van der Waals surface area (Å²) in [6, 6.07) is 5.56. The second-order valence-corrected chi connectivity index (χ2v) is 4.43. The average molecular weight is 266 g/mol.